The van der Waals surface area contributed by atoms with Crippen LogP contribution in [0.1, 0.15) is 25.5 Å². The number of nitrogens with zero attached hydrogens (tertiary/aromatic N) is 2. The molecule has 2 saturated heterocycles. The topological polar surface area (TPSA) is 60.9 Å². The monoisotopic (exact) mass is 388 g/mol. The van der Waals surface area contributed by atoms with E-state index in [0.29, 0.717) is 39.3 Å². The van der Waals surface area contributed by atoms with E-state index in [0.717, 1.165) is 34.9 Å². The van der Waals surface area contributed by atoms with Crippen molar-refractivity contribution in [3.63, 3.8) is 0 Å². The third-order valence-corrected chi connectivity index (χ3v) is 5.93. The summed E-state index contributed by atoms with van der Waals surface area (Å²) in [5, 5.41) is 2.89. The molecule has 1 spiro atoms. The Morgan fingerprint density at radius 2 is 1.93 bits per heavy atom. The fourth-order valence-electron chi connectivity index (χ4n) is 3.53. The number of thiazole rings is 1. The van der Waals surface area contributed by atoms with E-state index in [-0.39, 0.29) is 5.91 Å². The Bertz CT molecular complexity index is 774. The first-order valence-corrected chi connectivity index (χ1v) is 10.3. The SMILES string of the molecule is CCOc1ccc(-c2nc(CC(=O)N3CCC4(CC3)OCCO4)cs2)cc1. The lowest BCUT2D eigenvalue weighted by molar-refractivity contribution is -0.187. The molecule has 7 heteroatoms. The summed E-state index contributed by atoms with van der Waals surface area (Å²) in [6.45, 7) is 5.28. The number of benzene rings is 1. The van der Waals surface area contributed by atoms with Crippen molar-refractivity contribution in [3.05, 3.63) is 35.3 Å². The Hall–Kier alpha value is -1.96. The Kier molecular flexibility index (Phi) is 5.43. The van der Waals surface area contributed by atoms with Gasteiger partial charge in [0.05, 0.1) is 31.9 Å². The normalized spacial score (nSPS) is 18.8. The molecule has 0 unspecified atom stereocenters. The number of rotatable bonds is 5. The molecule has 2 fully saturated rings. The number of aromatic nitrogens is 1. The molecule has 0 N–H and O–H groups in total. The molecule has 1 aromatic carbocycles. The maximum Gasteiger partial charge on any atom is 0.228 e. The molecule has 2 aliphatic rings. The van der Waals surface area contributed by atoms with Crippen LogP contribution < -0.4 is 4.74 Å². The van der Waals surface area contributed by atoms with Gasteiger partial charge in [-0.15, -0.1) is 11.3 Å². The highest BCUT2D eigenvalue weighted by Gasteiger charge is 2.40. The second-order valence-electron chi connectivity index (χ2n) is 6.77. The van der Waals surface area contributed by atoms with Crippen molar-refractivity contribution < 1.29 is 19.0 Å². The molecule has 144 valence electrons. The molecule has 2 aliphatic heterocycles. The van der Waals surface area contributed by atoms with Gasteiger partial charge < -0.3 is 19.1 Å². The zero-order valence-electron chi connectivity index (χ0n) is 15.5. The highest BCUT2D eigenvalue weighted by atomic mass is 32.1. The van der Waals surface area contributed by atoms with Crippen LogP contribution in [-0.2, 0) is 20.7 Å². The number of hydrogen-bond donors (Lipinski definition) is 0. The van der Waals surface area contributed by atoms with Crippen LogP contribution in [0, 0.1) is 0 Å². The molecule has 4 rings (SSSR count). The van der Waals surface area contributed by atoms with Gasteiger partial charge in [-0.1, -0.05) is 0 Å². The minimum atomic E-state index is -0.446. The van der Waals surface area contributed by atoms with Crippen LogP contribution in [0.2, 0.25) is 0 Å². The zero-order valence-corrected chi connectivity index (χ0v) is 16.3. The Labute approximate surface area is 163 Å². The van der Waals surface area contributed by atoms with Gasteiger partial charge >= 0.3 is 0 Å². The number of carbonyl (C=O) groups excluding carboxylic acids is 1. The van der Waals surface area contributed by atoms with E-state index in [2.05, 4.69) is 4.98 Å². The number of ether oxygens (including phenoxy) is 3. The summed E-state index contributed by atoms with van der Waals surface area (Å²) in [6, 6.07) is 7.89. The van der Waals surface area contributed by atoms with Crippen LogP contribution in [-0.4, -0.2) is 54.5 Å². The highest BCUT2D eigenvalue weighted by Crippen LogP contribution is 2.31. The fourth-order valence-corrected chi connectivity index (χ4v) is 4.36. The largest absolute Gasteiger partial charge is 0.494 e. The van der Waals surface area contributed by atoms with Crippen LogP contribution in [0.15, 0.2) is 29.6 Å². The smallest absolute Gasteiger partial charge is 0.228 e. The standard InChI is InChI=1S/C20H24N2O4S/c1-2-24-17-5-3-15(4-6-17)19-21-16(14-27-19)13-18(23)22-9-7-20(8-10-22)25-11-12-26-20/h3-6,14H,2,7-13H2,1H3. The summed E-state index contributed by atoms with van der Waals surface area (Å²) >= 11 is 1.56. The predicted molar refractivity (Wildman–Crippen MR) is 103 cm³/mol. The van der Waals surface area contributed by atoms with Gasteiger partial charge in [-0.25, -0.2) is 4.98 Å². The van der Waals surface area contributed by atoms with E-state index in [4.69, 9.17) is 14.2 Å². The molecular weight excluding hydrogens is 364 g/mol. The van der Waals surface area contributed by atoms with E-state index in [1.54, 1.807) is 11.3 Å². The first-order valence-electron chi connectivity index (χ1n) is 9.41. The third-order valence-electron chi connectivity index (χ3n) is 4.99. The third kappa shape index (κ3) is 4.15. The Morgan fingerprint density at radius 3 is 2.59 bits per heavy atom. The summed E-state index contributed by atoms with van der Waals surface area (Å²) in [5.41, 5.74) is 1.86. The number of hydrogen-bond acceptors (Lipinski definition) is 6. The first-order chi connectivity index (χ1) is 13.2. The molecule has 27 heavy (non-hydrogen) atoms. The lowest BCUT2D eigenvalue weighted by Crippen LogP contribution is -2.47. The van der Waals surface area contributed by atoms with Crippen LogP contribution in [0.4, 0.5) is 0 Å². The van der Waals surface area contributed by atoms with Crippen molar-refractivity contribution in [2.75, 3.05) is 32.9 Å². The van der Waals surface area contributed by atoms with E-state index < -0.39 is 5.79 Å². The minimum Gasteiger partial charge on any atom is -0.494 e. The lowest BCUT2D eigenvalue weighted by atomic mass is 10.0. The molecule has 0 atom stereocenters. The van der Waals surface area contributed by atoms with Crippen molar-refractivity contribution in [1.29, 1.82) is 0 Å². The average molecular weight is 388 g/mol. The van der Waals surface area contributed by atoms with E-state index in [1.807, 2.05) is 41.5 Å². The number of likely N-dealkylation sites (tertiary alicyclic amines) is 1. The van der Waals surface area contributed by atoms with Gasteiger partial charge in [0.1, 0.15) is 10.8 Å². The molecule has 1 amide bonds. The van der Waals surface area contributed by atoms with E-state index >= 15 is 0 Å². The van der Waals surface area contributed by atoms with Crippen molar-refractivity contribution in [3.8, 4) is 16.3 Å². The molecule has 1 aromatic heterocycles. The average Bonchev–Trinajstić information content (AvgIpc) is 3.33. The minimum absolute atomic E-state index is 0.117. The van der Waals surface area contributed by atoms with Gasteiger partial charge in [-0.05, 0) is 31.2 Å². The second-order valence-corrected chi connectivity index (χ2v) is 7.62. The van der Waals surface area contributed by atoms with Gasteiger partial charge in [0.15, 0.2) is 5.79 Å². The molecule has 3 heterocycles. The maximum absolute atomic E-state index is 12.6. The summed E-state index contributed by atoms with van der Waals surface area (Å²) in [4.78, 5) is 19.2. The molecule has 2 aromatic rings. The molecule has 0 radical (unpaired) electrons. The van der Waals surface area contributed by atoms with Gasteiger partial charge in [0.25, 0.3) is 0 Å². The molecular formula is C20H24N2O4S. The summed E-state index contributed by atoms with van der Waals surface area (Å²) in [6.07, 6.45) is 1.82. The quantitative estimate of drug-likeness (QED) is 0.788. The first kappa shape index (κ1) is 18.4. The van der Waals surface area contributed by atoms with Crippen molar-refractivity contribution in [2.45, 2.75) is 32.0 Å². The van der Waals surface area contributed by atoms with Crippen LogP contribution in [0.3, 0.4) is 0 Å². The second kappa shape index (κ2) is 7.96. The summed E-state index contributed by atoms with van der Waals surface area (Å²) in [7, 11) is 0. The Balaban J connectivity index is 1.34. The molecule has 0 saturated carbocycles. The van der Waals surface area contributed by atoms with Crippen molar-refractivity contribution in [1.82, 2.24) is 9.88 Å². The van der Waals surface area contributed by atoms with Gasteiger partial charge in [0.2, 0.25) is 5.91 Å². The lowest BCUT2D eigenvalue weighted by Gasteiger charge is -2.37. The summed E-state index contributed by atoms with van der Waals surface area (Å²) in [5.74, 6) is 0.524. The Morgan fingerprint density at radius 1 is 1.22 bits per heavy atom. The van der Waals surface area contributed by atoms with Gasteiger partial charge in [-0.2, -0.15) is 0 Å². The number of carbonyl (C=O) groups is 1. The van der Waals surface area contributed by atoms with Crippen LogP contribution >= 0.6 is 11.3 Å². The number of piperidine rings is 1. The fraction of sp³-hybridized carbons (Fsp3) is 0.500. The highest BCUT2D eigenvalue weighted by molar-refractivity contribution is 7.13. The number of amides is 1. The van der Waals surface area contributed by atoms with Crippen molar-refractivity contribution >= 4 is 17.2 Å². The molecule has 0 aliphatic carbocycles. The van der Waals surface area contributed by atoms with Crippen LogP contribution in [0.25, 0.3) is 10.6 Å². The van der Waals surface area contributed by atoms with Crippen LogP contribution in [0.5, 0.6) is 5.75 Å². The van der Waals surface area contributed by atoms with Gasteiger partial charge in [-0.3, -0.25) is 4.79 Å². The maximum atomic E-state index is 12.6. The summed E-state index contributed by atoms with van der Waals surface area (Å²) < 4.78 is 16.9. The zero-order chi connectivity index (χ0) is 18.7. The molecule has 0 bridgehead atoms. The van der Waals surface area contributed by atoms with E-state index in [1.165, 1.54) is 0 Å². The van der Waals surface area contributed by atoms with Gasteiger partial charge in [0, 0.05) is 36.9 Å². The van der Waals surface area contributed by atoms with Crippen molar-refractivity contribution in [2.24, 2.45) is 0 Å². The molecule has 6 nitrogen and oxygen atoms in total. The predicted octanol–water partition coefficient (Wildman–Crippen LogP) is 3.12. The van der Waals surface area contributed by atoms with E-state index in [9.17, 15) is 4.79 Å².